The van der Waals surface area contributed by atoms with Gasteiger partial charge in [-0.15, -0.1) is 11.8 Å². The molecule has 0 aromatic carbocycles. The van der Waals surface area contributed by atoms with E-state index in [1.54, 1.807) is 0 Å². The maximum absolute atomic E-state index is 11.4. The number of carbonyl (C=O) groups excluding carboxylic acids is 2. The maximum atomic E-state index is 11.4. The zero-order chi connectivity index (χ0) is 12.2. The van der Waals surface area contributed by atoms with E-state index in [1.807, 2.05) is 0 Å². The van der Waals surface area contributed by atoms with Crippen molar-refractivity contribution in [1.29, 1.82) is 0 Å². The molecule has 0 saturated carbocycles. The van der Waals surface area contributed by atoms with Crippen molar-refractivity contribution in [3.8, 4) is 0 Å². The van der Waals surface area contributed by atoms with E-state index in [2.05, 4.69) is 21.1 Å². The van der Waals surface area contributed by atoms with E-state index in [0.717, 1.165) is 23.2 Å². The van der Waals surface area contributed by atoms with E-state index in [9.17, 15) is 9.59 Å². The molecule has 1 aliphatic carbocycles. The lowest BCUT2D eigenvalue weighted by atomic mass is 10.2. The molecule has 88 valence electrons. The van der Waals surface area contributed by atoms with Gasteiger partial charge in [0.25, 0.3) is 0 Å². The first-order valence-corrected chi connectivity index (χ1v) is 6.28. The van der Waals surface area contributed by atoms with Gasteiger partial charge < -0.3 is 4.48 Å². The number of hydrogen-bond donors (Lipinski definition) is 0. The van der Waals surface area contributed by atoms with Crippen molar-refractivity contribution in [1.82, 2.24) is 0 Å². The molecule has 0 fully saturated rings. The Morgan fingerprint density at radius 3 is 2.50 bits per heavy atom. The monoisotopic (exact) mass is 240 g/mol. The predicted octanol–water partition coefficient (Wildman–Crippen LogP) is 1.41. The summed E-state index contributed by atoms with van der Waals surface area (Å²) in [6.07, 6.45) is 5.14. The van der Waals surface area contributed by atoms with Crippen molar-refractivity contribution >= 4 is 23.3 Å². The Morgan fingerprint density at radius 2 is 1.88 bits per heavy atom. The molecule has 0 aromatic heterocycles. The van der Waals surface area contributed by atoms with Crippen LogP contribution in [0.3, 0.4) is 0 Å². The Bertz CT molecular complexity index is 351. The summed E-state index contributed by atoms with van der Waals surface area (Å²) in [5.74, 6) is 0.748. The molecule has 3 nitrogen and oxygen atoms in total. The molecular formula is C12H18NO2S+. The molecule has 0 aliphatic heterocycles. The number of rotatable bonds is 5. The average molecular weight is 240 g/mol. The topological polar surface area (TPSA) is 34.1 Å². The molecule has 0 atom stereocenters. The Morgan fingerprint density at radius 1 is 1.19 bits per heavy atom. The van der Waals surface area contributed by atoms with Gasteiger partial charge in [0.1, 0.15) is 0 Å². The SMILES string of the molecule is C[N+](C)(C)CCCSC1=CC(=O)C=CC1=O. The third kappa shape index (κ3) is 4.77. The zero-order valence-corrected chi connectivity index (χ0v) is 10.8. The first kappa shape index (κ1) is 13.2. The van der Waals surface area contributed by atoms with Crippen molar-refractivity contribution < 1.29 is 14.1 Å². The minimum Gasteiger partial charge on any atom is -0.331 e. The second-order valence-corrected chi connectivity index (χ2v) is 5.96. The van der Waals surface area contributed by atoms with Crippen molar-refractivity contribution in [2.24, 2.45) is 0 Å². The van der Waals surface area contributed by atoms with E-state index in [1.165, 1.54) is 30.0 Å². The lowest BCUT2D eigenvalue weighted by molar-refractivity contribution is -0.870. The summed E-state index contributed by atoms with van der Waals surface area (Å²) in [5.41, 5.74) is 0. The van der Waals surface area contributed by atoms with Gasteiger partial charge in [0, 0.05) is 18.2 Å². The molecule has 1 rings (SSSR count). The number of quaternary nitrogens is 1. The van der Waals surface area contributed by atoms with Crippen LogP contribution in [0.25, 0.3) is 0 Å². The molecule has 0 saturated heterocycles. The van der Waals surface area contributed by atoms with Crippen LogP contribution < -0.4 is 0 Å². The Balaban J connectivity index is 2.33. The van der Waals surface area contributed by atoms with E-state index in [0.29, 0.717) is 4.91 Å². The average Bonchev–Trinajstić information content (AvgIpc) is 2.16. The van der Waals surface area contributed by atoms with Gasteiger partial charge in [0.2, 0.25) is 0 Å². The number of ketones is 2. The lowest BCUT2D eigenvalue weighted by Gasteiger charge is -2.23. The van der Waals surface area contributed by atoms with Gasteiger partial charge in [0.05, 0.1) is 32.6 Å². The van der Waals surface area contributed by atoms with Gasteiger partial charge in [-0.25, -0.2) is 0 Å². The van der Waals surface area contributed by atoms with Gasteiger partial charge >= 0.3 is 0 Å². The highest BCUT2D eigenvalue weighted by Crippen LogP contribution is 2.21. The van der Waals surface area contributed by atoms with E-state index < -0.39 is 0 Å². The Labute approximate surface area is 101 Å². The molecule has 0 amide bonds. The maximum Gasteiger partial charge on any atom is 0.192 e. The highest BCUT2D eigenvalue weighted by Gasteiger charge is 2.14. The number of allylic oxidation sites excluding steroid dienone is 4. The minimum atomic E-state index is -0.0892. The van der Waals surface area contributed by atoms with Crippen LogP contribution in [0, 0.1) is 0 Å². The Hall–Kier alpha value is -0.870. The fourth-order valence-electron chi connectivity index (χ4n) is 1.32. The summed E-state index contributed by atoms with van der Waals surface area (Å²) < 4.78 is 0.923. The second kappa shape index (κ2) is 5.46. The summed E-state index contributed by atoms with van der Waals surface area (Å²) >= 11 is 1.48. The molecule has 4 heteroatoms. The molecule has 0 unspecified atom stereocenters. The van der Waals surface area contributed by atoms with Gasteiger partial charge in [-0.1, -0.05) is 0 Å². The number of hydrogen-bond acceptors (Lipinski definition) is 3. The molecule has 0 N–H and O–H groups in total. The standard InChI is InChI=1S/C12H18NO2S/c1-13(2,3)7-4-8-16-12-9-10(14)5-6-11(12)15/h5-6,9H,4,7-8H2,1-3H3/q+1. The van der Waals surface area contributed by atoms with Crippen molar-refractivity contribution in [2.75, 3.05) is 33.4 Å². The zero-order valence-electron chi connectivity index (χ0n) is 10.0. The van der Waals surface area contributed by atoms with Gasteiger partial charge in [0.15, 0.2) is 11.6 Å². The number of nitrogens with zero attached hydrogens (tertiary/aromatic N) is 1. The third-order valence-corrected chi connectivity index (χ3v) is 3.27. The van der Waals surface area contributed by atoms with Crippen LogP contribution in [-0.2, 0) is 9.59 Å². The molecule has 0 radical (unpaired) electrons. The smallest absolute Gasteiger partial charge is 0.192 e. The molecule has 16 heavy (non-hydrogen) atoms. The second-order valence-electron chi connectivity index (χ2n) is 4.82. The van der Waals surface area contributed by atoms with E-state index >= 15 is 0 Å². The van der Waals surface area contributed by atoms with Crippen molar-refractivity contribution in [3.05, 3.63) is 23.1 Å². The predicted molar refractivity (Wildman–Crippen MR) is 67.2 cm³/mol. The number of thioether (sulfide) groups is 1. The van der Waals surface area contributed by atoms with Crippen LogP contribution in [0.15, 0.2) is 23.1 Å². The molecule has 1 aliphatic rings. The molecule has 0 spiro atoms. The lowest BCUT2D eigenvalue weighted by Crippen LogP contribution is -2.35. The fraction of sp³-hybridized carbons (Fsp3) is 0.500. The van der Waals surface area contributed by atoms with Gasteiger partial charge in [-0.2, -0.15) is 0 Å². The van der Waals surface area contributed by atoms with Crippen LogP contribution in [0.5, 0.6) is 0 Å². The fourth-order valence-corrected chi connectivity index (χ4v) is 2.23. The molecule has 0 bridgehead atoms. The highest BCUT2D eigenvalue weighted by molar-refractivity contribution is 8.04. The summed E-state index contributed by atoms with van der Waals surface area (Å²) in [5, 5.41) is 0. The summed E-state index contributed by atoms with van der Waals surface area (Å²) in [7, 11) is 6.42. The van der Waals surface area contributed by atoms with Gasteiger partial charge in [-0.05, 0) is 12.2 Å². The van der Waals surface area contributed by atoms with Crippen LogP contribution in [0.4, 0.5) is 0 Å². The van der Waals surface area contributed by atoms with Gasteiger partial charge in [-0.3, -0.25) is 9.59 Å². The molecule has 0 aromatic rings. The third-order valence-electron chi connectivity index (χ3n) is 2.15. The number of carbonyl (C=O) groups is 2. The van der Waals surface area contributed by atoms with Crippen molar-refractivity contribution in [2.45, 2.75) is 6.42 Å². The summed E-state index contributed by atoms with van der Waals surface area (Å²) in [6, 6.07) is 0. The molecule has 0 heterocycles. The van der Waals surface area contributed by atoms with Crippen LogP contribution in [0.1, 0.15) is 6.42 Å². The van der Waals surface area contributed by atoms with Crippen molar-refractivity contribution in [3.63, 3.8) is 0 Å². The summed E-state index contributed by atoms with van der Waals surface area (Å²) in [6.45, 7) is 1.07. The normalized spacial score (nSPS) is 16.6. The van der Waals surface area contributed by atoms with Crippen LogP contribution >= 0.6 is 11.8 Å². The van der Waals surface area contributed by atoms with E-state index in [-0.39, 0.29) is 11.6 Å². The van der Waals surface area contributed by atoms with E-state index in [4.69, 9.17) is 0 Å². The van der Waals surface area contributed by atoms with Crippen LogP contribution in [0.2, 0.25) is 0 Å². The largest absolute Gasteiger partial charge is 0.331 e. The first-order valence-electron chi connectivity index (χ1n) is 5.30. The highest BCUT2D eigenvalue weighted by atomic mass is 32.2. The van der Waals surface area contributed by atoms with Crippen LogP contribution in [-0.4, -0.2) is 49.5 Å². The molecular weight excluding hydrogens is 222 g/mol. The Kier molecular flexibility index (Phi) is 4.50. The first-order chi connectivity index (χ1) is 7.38. The quantitative estimate of drug-likeness (QED) is 0.414. The summed E-state index contributed by atoms with van der Waals surface area (Å²) in [4.78, 5) is 23.1. The minimum absolute atomic E-state index is 0.0464.